The van der Waals surface area contributed by atoms with Crippen LogP contribution in [0.4, 0.5) is 5.69 Å². The molecule has 0 spiro atoms. The van der Waals surface area contributed by atoms with Crippen LogP contribution in [-0.4, -0.2) is 17.2 Å². The largest absolute Gasteiger partial charge is 0.379 e. The van der Waals surface area contributed by atoms with Crippen molar-refractivity contribution in [1.29, 1.82) is 0 Å². The number of anilines is 1. The van der Waals surface area contributed by atoms with Crippen LogP contribution < -0.4 is 5.32 Å². The second-order valence-corrected chi connectivity index (χ2v) is 8.19. The summed E-state index contributed by atoms with van der Waals surface area (Å²) in [6.45, 7) is 15.4. The molecule has 0 aliphatic carbocycles. The highest BCUT2D eigenvalue weighted by atomic mass is 16.5. The smallest absolute Gasteiger partial charge is 0.0834 e. The normalized spacial score (nSPS) is 24.6. The minimum atomic E-state index is -0.133. The molecular formula is C18H29NO. The van der Waals surface area contributed by atoms with E-state index in [0.29, 0.717) is 6.04 Å². The summed E-state index contributed by atoms with van der Waals surface area (Å²) in [7, 11) is 0. The Morgan fingerprint density at radius 2 is 1.60 bits per heavy atom. The lowest BCUT2D eigenvalue weighted by Crippen LogP contribution is -2.38. The summed E-state index contributed by atoms with van der Waals surface area (Å²) < 4.78 is 6.14. The van der Waals surface area contributed by atoms with Crippen LogP contribution >= 0.6 is 0 Å². The molecule has 0 radical (unpaired) electrons. The number of benzene rings is 1. The molecule has 112 valence electrons. The quantitative estimate of drug-likeness (QED) is 0.841. The zero-order valence-corrected chi connectivity index (χ0v) is 14.0. The van der Waals surface area contributed by atoms with Gasteiger partial charge in [0.1, 0.15) is 0 Å². The van der Waals surface area contributed by atoms with E-state index in [9.17, 15) is 0 Å². The zero-order valence-electron chi connectivity index (χ0n) is 14.0. The first-order valence-corrected chi connectivity index (χ1v) is 7.57. The Hall–Kier alpha value is -1.02. The van der Waals surface area contributed by atoms with Gasteiger partial charge in [-0.15, -0.1) is 0 Å². The Bertz CT molecular complexity index is 465. The fourth-order valence-electron chi connectivity index (χ4n) is 3.05. The van der Waals surface area contributed by atoms with Crippen LogP contribution in [0, 0.1) is 0 Å². The van der Waals surface area contributed by atoms with E-state index in [1.54, 1.807) is 0 Å². The average molecular weight is 275 g/mol. The van der Waals surface area contributed by atoms with Gasteiger partial charge in [-0.25, -0.2) is 0 Å². The SMILES string of the molecule is CC1(C)CC(Nc2ccc(C(C)(C)C)cc2)C(C)(C)O1. The number of nitrogens with one attached hydrogen (secondary N) is 1. The summed E-state index contributed by atoms with van der Waals surface area (Å²) in [5.41, 5.74) is 2.57. The van der Waals surface area contributed by atoms with Gasteiger partial charge < -0.3 is 10.1 Å². The number of hydrogen-bond acceptors (Lipinski definition) is 2. The van der Waals surface area contributed by atoms with Crippen LogP contribution in [0.3, 0.4) is 0 Å². The Labute approximate surface area is 123 Å². The highest BCUT2D eigenvalue weighted by Gasteiger charge is 2.45. The van der Waals surface area contributed by atoms with Gasteiger partial charge in [-0.2, -0.15) is 0 Å². The third-order valence-corrected chi connectivity index (χ3v) is 4.17. The molecule has 1 aromatic carbocycles. The first-order valence-electron chi connectivity index (χ1n) is 7.57. The fourth-order valence-corrected chi connectivity index (χ4v) is 3.05. The summed E-state index contributed by atoms with van der Waals surface area (Å²) in [4.78, 5) is 0. The number of ether oxygens (including phenoxy) is 1. The summed E-state index contributed by atoms with van der Waals surface area (Å²) in [6.07, 6.45) is 1.03. The summed E-state index contributed by atoms with van der Waals surface area (Å²) in [5.74, 6) is 0. The van der Waals surface area contributed by atoms with Crippen LogP contribution in [-0.2, 0) is 10.2 Å². The molecule has 1 unspecified atom stereocenters. The van der Waals surface area contributed by atoms with Crippen LogP contribution in [0.25, 0.3) is 0 Å². The standard InChI is InChI=1S/C18H29NO/c1-16(2,3)13-8-10-14(11-9-13)19-15-12-17(4,5)20-18(15,6)7/h8-11,15,19H,12H2,1-7H3. The highest BCUT2D eigenvalue weighted by molar-refractivity contribution is 5.47. The van der Waals surface area contributed by atoms with Crippen molar-refractivity contribution in [2.24, 2.45) is 0 Å². The Morgan fingerprint density at radius 1 is 1.05 bits per heavy atom. The number of hydrogen-bond donors (Lipinski definition) is 1. The van der Waals surface area contributed by atoms with Crippen LogP contribution in [0.15, 0.2) is 24.3 Å². The van der Waals surface area contributed by atoms with Gasteiger partial charge in [0.25, 0.3) is 0 Å². The molecule has 0 bridgehead atoms. The van der Waals surface area contributed by atoms with Gasteiger partial charge in [0, 0.05) is 5.69 Å². The second kappa shape index (κ2) is 4.77. The first kappa shape index (κ1) is 15.4. The second-order valence-electron chi connectivity index (χ2n) is 8.19. The molecule has 1 aliphatic heterocycles. The van der Waals surface area contributed by atoms with Gasteiger partial charge in [0.2, 0.25) is 0 Å². The lowest BCUT2D eigenvalue weighted by atomic mass is 9.87. The van der Waals surface area contributed by atoms with Gasteiger partial charge in [0.15, 0.2) is 0 Å². The first-order chi connectivity index (χ1) is 9.00. The van der Waals surface area contributed by atoms with E-state index in [1.165, 1.54) is 11.3 Å². The fraction of sp³-hybridized carbons (Fsp3) is 0.667. The minimum Gasteiger partial charge on any atom is -0.379 e. The zero-order chi connectivity index (χ0) is 15.2. The lowest BCUT2D eigenvalue weighted by Gasteiger charge is -2.28. The maximum Gasteiger partial charge on any atom is 0.0834 e. The van der Waals surface area contributed by atoms with Gasteiger partial charge in [0.05, 0.1) is 17.2 Å². The molecule has 1 N–H and O–H groups in total. The summed E-state index contributed by atoms with van der Waals surface area (Å²) in [5, 5.41) is 3.64. The van der Waals surface area contributed by atoms with Crippen molar-refractivity contribution in [3.8, 4) is 0 Å². The Morgan fingerprint density at radius 3 is 2.00 bits per heavy atom. The van der Waals surface area contributed by atoms with Crippen molar-refractivity contribution in [3.63, 3.8) is 0 Å². The van der Waals surface area contributed by atoms with E-state index < -0.39 is 0 Å². The van der Waals surface area contributed by atoms with E-state index in [4.69, 9.17) is 4.74 Å². The molecule has 1 aliphatic rings. The molecule has 2 heteroatoms. The highest BCUT2D eigenvalue weighted by Crippen LogP contribution is 2.39. The van der Waals surface area contributed by atoms with Crippen molar-refractivity contribution in [2.75, 3.05) is 5.32 Å². The third kappa shape index (κ3) is 3.35. The molecule has 1 heterocycles. The van der Waals surface area contributed by atoms with E-state index in [-0.39, 0.29) is 16.6 Å². The van der Waals surface area contributed by atoms with Crippen molar-refractivity contribution < 1.29 is 4.74 Å². The molecule has 0 amide bonds. The number of rotatable bonds is 2. The van der Waals surface area contributed by atoms with Crippen LogP contribution in [0.5, 0.6) is 0 Å². The molecule has 0 saturated carbocycles. The van der Waals surface area contributed by atoms with Gasteiger partial charge in [-0.05, 0) is 57.2 Å². The topological polar surface area (TPSA) is 21.3 Å². The molecular weight excluding hydrogens is 246 g/mol. The van der Waals surface area contributed by atoms with Gasteiger partial charge in [-0.1, -0.05) is 32.9 Å². The van der Waals surface area contributed by atoms with Crippen LogP contribution in [0.1, 0.15) is 60.5 Å². The Kier molecular flexibility index (Phi) is 3.66. The van der Waals surface area contributed by atoms with Crippen molar-refractivity contribution in [2.45, 2.75) is 77.5 Å². The molecule has 1 saturated heterocycles. The van der Waals surface area contributed by atoms with Crippen molar-refractivity contribution in [3.05, 3.63) is 29.8 Å². The van der Waals surface area contributed by atoms with Crippen molar-refractivity contribution >= 4 is 5.69 Å². The lowest BCUT2D eigenvalue weighted by molar-refractivity contribution is -0.0662. The average Bonchev–Trinajstić information content (AvgIpc) is 2.46. The van der Waals surface area contributed by atoms with Crippen molar-refractivity contribution in [1.82, 2.24) is 0 Å². The van der Waals surface area contributed by atoms with Gasteiger partial charge in [-0.3, -0.25) is 0 Å². The monoisotopic (exact) mass is 275 g/mol. The van der Waals surface area contributed by atoms with E-state index >= 15 is 0 Å². The van der Waals surface area contributed by atoms with E-state index in [2.05, 4.69) is 78.0 Å². The molecule has 2 nitrogen and oxygen atoms in total. The minimum absolute atomic E-state index is 0.0491. The molecule has 20 heavy (non-hydrogen) atoms. The van der Waals surface area contributed by atoms with E-state index in [1.807, 2.05) is 0 Å². The molecule has 0 aromatic heterocycles. The molecule has 2 rings (SSSR count). The third-order valence-electron chi connectivity index (χ3n) is 4.17. The van der Waals surface area contributed by atoms with Gasteiger partial charge >= 0.3 is 0 Å². The predicted octanol–water partition coefficient (Wildman–Crippen LogP) is 4.74. The summed E-state index contributed by atoms with van der Waals surface area (Å²) >= 11 is 0. The van der Waals surface area contributed by atoms with Crippen LogP contribution in [0.2, 0.25) is 0 Å². The molecule has 1 fully saturated rings. The molecule has 1 aromatic rings. The molecule has 1 atom stereocenters. The summed E-state index contributed by atoms with van der Waals surface area (Å²) in [6, 6.07) is 9.15. The van der Waals surface area contributed by atoms with E-state index in [0.717, 1.165) is 6.42 Å². The maximum atomic E-state index is 6.14. The maximum absolute atomic E-state index is 6.14. The predicted molar refractivity (Wildman–Crippen MR) is 86.4 cm³/mol. The Balaban J connectivity index is 2.11.